The Morgan fingerprint density at radius 1 is 1.43 bits per heavy atom. The largest absolute Gasteiger partial charge is 0.397 e. The Hall–Kier alpha value is -1.83. The molecule has 2 rings (SSSR count). The van der Waals surface area contributed by atoms with Gasteiger partial charge in [0.2, 0.25) is 0 Å². The molecule has 114 valence electrons. The summed E-state index contributed by atoms with van der Waals surface area (Å²) in [6.45, 7) is 1.26. The predicted octanol–water partition coefficient (Wildman–Crippen LogP) is 3.69. The molecule has 1 atom stereocenters. The van der Waals surface area contributed by atoms with Crippen molar-refractivity contribution in [3.8, 4) is 0 Å². The molecule has 2 aromatic rings. The average molecular weight is 320 g/mol. The van der Waals surface area contributed by atoms with Crippen LogP contribution in [0.1, 0.15) is 23.0 Å². The van der Waals surface area contributed by atoms with Gasteiger partial charge in [-0.3, -0.25) is 4.79 Å². The molecule has 1 amide bonds. The number of anilines is 1. The van der Waals surface area contributed by atoms with E-state index < -0.39 is 30.4 Å². The quantitative estimate of drug-likeness (QED) is 0.847. The summed E-state index contributed by atoms with van der Waals surface area (Å²) in [5.41, 5.74) is 5.85. The summed E-state index contributed by atoms with van der Waals surface area (Å²) in [4.78, 5) is 12.1. The summed E-state index contributed by atoms with van der Waals surface area (Å²) < 4.78 is 50.5. The number of benzene rings is 1. The number of thiophene rings is 1. The molecule has 3 N–H and O–H groups in total. The summed E-state index contributed by atoms with van der Waals surface area (Å²) in [6.07, 6.45) is -5.49. The molecule has 8 heteroatoms. The van der Waals surface area contributed by atoms with Gasteiger partial charge < -0.3 is 11.1 Å². The average Bonchev–Trinajstić information content (AvgIpc) is 2.64. The number of hydrogen-bond acceptors (Lipinski definition) is 3. The second-order valence-corrected chi connectivity index (χ2v) is 5.73. The van der Waals surface area contributed by atoms with Gasteiger partial charge in [-0.25, -0.2) is 4.39 Å². The summed E-state index contributed by atoms with van der Waals surface area (Å²) in [5.74, 6) is -1.18. The first-order chi connectivity index (χ1) is 9.67. The minimum absolute atomic E-state index is 0.0752. The van der Waals surface area contributed by atoms with Crippen molar-refractivity contribution in [2.24, 2.45) is 0 Å². The van der Waals surface area contributed by atoms with E-state index in [1.165, 1.54) is 25.1 Å². The van der Waals surface area contributed by atoms with Gasteiger partial charge in [0, 0.05) is 16.1 Å². The van der Waals surface area contributed by atoms with Crippen LogP contribution in [0.2, 0.25) is 0 Å². The van der Waals surface area contributed by atoms with Gasteiger partial charge in [0.15, 0.2) is 0 Å². The van der Waals surface area contributed by atoms with E-state index in [1.807, 2.05) is 0 Å². The van der Waals surface area contributed by atoms with E-state index in [4.69, 9.17) is 5.73 Å². The molecule has 0 saturated heterocycles. The van der Waals surface area contributed by atoms with E-state index in [1.54, 1.807) is 0 Å². The molecule has 0 aliphatic heterocycles. The van der Waals surface area contributed by atoms with Gasteiger partial charge in [-0.2, -0.15) is 13.2 Å². The Bertz CT molecular complexity index is 681. The van der Waals surface area contributed by atoms with Crippen LogP contribution < -0.4 is 11.1 Å². The fraction of sp³-hybridized carbons (Fsp3) is 0.308. The molecule has 0 spiro atoms. The van der Waals surface area contributed by atoms with E-state index in [2.05, 4.69) is 5.32 Å². The minimum Gasteiger partial charge on any atom is -0.397 e. The van der Waals surface area contributed by atoms with Crippen LogP contribution in [-0.2, 0) is 0 Å². The molecule has 1 aromatic heterocycles. The lowest BCUT2D eigenvalue weighted by atomic mass is 10.2. The lowest BCUT2D eigenvalue weighted by Crippen LogP contribution is -2.35. The first-order valence-electron chi connectivity index (χ1n) is 6.02. The van der Waals surface area contributed by atoms with Crippen LogP contribution in [0, 0.1) is 5.82 Å². The molecule has 1 unspecified atom stereocenters. The summed E-state index contributed by atoms with van der Waals surface area (Å²) in [6, 6.07) is 2.82. The molecule has 0 aliphatic carbocycles. The Morgan fingerprint density at radius 3 is 2.71 bits per heavy atom. The molecular weight excluding hydrogens is 308 g/mol. The van der Waals surface area contributed by atoms with E-state index in [-0.39, 0.29) is 10.6 Å². The van der Waals surface area contributed by atoms with Crippen molar-refractivity contribution in [1.29, 1.82) is 0 Å². The molecule has 3 nitrogen and oxygen atoms in total. The van der Waals surface area contributed by atoms with Crippen LogP contribution in [0.15, 0.2) is 18.2 Å². The first kappa shape index (κ1) is 15.6. The smallest absolute Gasteiger partial charge is 0.391 e. The lowest BCUT2D eigenvalue weighted by molar-refractivity contribution is -0.138. The van der Waals surface area contributed by atoms with E-state index in [0.29, 0.717) is 10.1 Å². The van der Waals surface area contributed by atoms with Gasteiger partial charge in [-0.1, -0.05) is 0 Å². The van der Waals surface area contributed by atoms with Crippen molar-refractivity contribution in [2.75, 3.05) is 5.73 Å². The fourth-order valence-corrected chi connectivity index (χ4v) is 2.95. The maximum atomic E-state index is 13.1. The van der Waals surface area contributed by atoms with Gasteiger partial charge in [-0.15, -0.1) is 11.3 Å². The molecule has 0 aliphatic rings. The number of rotatable bonds is 3. The second-order valence-electron chi connectivity index (χ2n) is 4.68. The van der Waals surface area contributed by atoms with E-state index in [9.17, 15) is 22.4 Å². The number of nitrogens with one attached hydrogen (secondary N) is 1. The molecule has 21 heavy (non-hydrogen) atoms. The van der Waals surface area contributed by atoms with Crippen molar-refractivity contribution in [1.82, 2.24) is 5.32 Å². The number of amides is 1. The number of halogens is 4. The first-order valence-corrected chi connectivity index (χ1v) is 6.84. The highest BCUT2D eigenvalue weighted by Gasteiger charge is 2.31. The third-order valence-electron chi connectivity index (χ3n) is 2.81. The third kappa shape index (κ3) is 3.63. The van der Waals surface area contributed by atoms with E-state index in [0.717, 1.165) is 11.3 Å². The van der Waals surface area contributed by atoms with Gasteiger partial charge in [0.05, 0.1) is 12.1 Å². The zero-order valence-corrected chi connectivity index (χ0v) is 11.7. The Morgan fingerprint density at radius 2 is 2.10 bits per heavy atom. The number of fused-ring (bicyclic) bond motifs is 1. The van der Waals surface area contributed by atoms with Gasteiger partial charge in [0.1, 0.15) is 10.7 Å². The van der Waals surface area contributed by atoms with Crippen molar-refractivity contribution in [3.05, 3.63) is 28.9 Å². The van der Waals surface area contributed by atoms with Crippen LogP contribution >= 0.6 is 11.3 Å². The number of carbonyl (C=O) groups excluding carboxylic acids is 1. The van der Waals surface area contributed by atoms with E-state index >= 15 is 0 Å². The topological polar surface area (TPSA) is 55.1 Å². The third-order valence-corrected chi connectivity index (χ3v) is 4.00. The molecule has 0 saturated carbocycles. The van der Waals surface area contributed by atoms with Gasteiger partial charge in [0.25, 0.3) is 5.91 Å². The molecule has 0 fully saturated rings. The number of nitrogens with two attached hydrogens (primary N) is 1. The van der Waals surface area contributed by atoms with Crippen LogP contribution in [0.25, 0.3) is 10.1 Å². The Labute approximate surface area is 121 Å². The number of carbonyl (C=O) groups is 1. The van der Waals surface area contributed by atoms with Gasteiger partial charge in [-0.05, 0) is 25.1 Å². The van der Waals surface area contributed by atoms with Crippen molar-refractivity contribution in [3.63, 3.8) is 0 Å². The maximum Gasteiger partial charge on any atom is 0.391 e. The maximum absolute atomic E-state index is 13.1. The Kier molecular flexibility index (Phi) is 4.08. The van der Waals surface area contributed by atoms with Crippen molar-refractivity contribution >= 4 is 33.0 Å². The van der Waals surface area contributed by atoms with Gasteiger partial charge >= 0.3 is 6.18 Å². The van der Waals surface area contributed by atoms with Crippen LogP contribution in [-0.4, -0.2) is 18.1 Å². The molecular formula is C13H12F4N2OS. The highest BCUT2D eigenvalue weighted by atomic mass is 32.1. The monoisotopic (exact) mass is 320 g/mol. The fourth-order valence-electron chi connectivity index (χ4n) is 1.95. The molecule has 0 bridgehead atoms. The number of nitrogen functional groups attached to an aromatic ring is 1. The Balaban J connectivity index is 2.22. The standard InChI is InChI=1S/C13H12F4N2OS/c1-6(5-13(15,16)17)19-12(20)11-10(18)8-4-7(14)2-3-9(8)21-11/h2-4,6H,5,18H2,1H3,(H,19,20). The molecule has 0 radical (unpaired) electrons. The lowest BCUT2D eigenvalue weighted by Gasteiger charge is -2.15. The summed E-state index contributed by atoms with van der Waals surface area (Å²) in [5, 5.41) is 2.63. The van der Waals surface area contributed by atoms with Crippen LogP contribution in [0.3, 0.4) is 0 Å². The zero-order chi connectivity index (χ0) is 15.8. The molecule has 1 aromatic carbocycles. The minimum atomic E-state index is -4.36. The highest BCUT2D eigenvalue weighted by Crippen LogP contribution is 2.34. The summed E-state index contributed by atoms with van der Waals surface area (Å²) in [7, 11) is 0. The zero-order valence-electron chi connectivity index (χ0n) is 10.9. The highest BCUT2D eigenvalue weighted by molar-refractivity contribution is 7.21. The van der Waals surface area contributed by atoms with Crippen molar-refractivity contribution < 1.29 is 22.4 Å². The van der Waals surface area contributed by atoms with Crippen LogP contribution in [0.5, 0.6) is 0 Å². The normalized spacial score (nSPS) is 13.4. The predicted molar refractivity (Wildman–Crippen MR) is 73.8 cm³/mol. The molecule has 1 heterocycles. The van der Waals surface area contributed by atoms with Crippen LogP contribution in [0.4, 0.5) is 23.2 Å². The SMILES string of the molecule is CC(CC(F)(F)F)NC(=O)c1sc2ccc(F)cc2c1N. The number of hydrogen-bond donors (Lipinski definition) is 2. The number of alkyl halides is 3. The second kappa shape index (κ2) is 5.51. The van der Waals surface area contributed by atoms with Crippen molar-refractivity contribution in [2.45, 2.75) is 25.6 Å². The summed E-state index contributed by atoms with van der Waals surface area (Å²) >= 11 is 1.02.